The zero-order chi connectivity index (χ0) is 11.1. The van der Waals surface area contributed by atoms with Crippen LogP contribution in [-0.4, -0.2) is 55.0 Å². The Morgan fingerprint density at radius 1 is 1.57 bits per heavy atom. The summed E-state index contributed by atoms with van der Waals surface area (Å²) in [5, 5.41) is 9.44. The Hall–Kier alpha value is -0.230. The van der Waals surface area contributed by atoms with Crippen molar-refractivity contribution in [2.24, 2.45) is 11.7 Å². The van der Waals surface area contributed by atoms with Crippen LogP contribution in [0.1, 0.15) is 6.92 Å². The SMILES string of the molecule is COCC(O)CN(C)CC(C)C(N)=S. The van der Waals surface area contributed by atoms with Crippen molar-refractivity contribution in [3.05, 3.63) is 0 Å². The van der Waals surface area contributed by atoms with Crippen LogP contribution in [0.15, 0.2) is 0 Å². The van der Waals surface area contributed by atoms with E-state index >= 15 is 0 Å². The van der Waals surface area contributed by atoms with Crippen LogP contribution in [0.3, 0.4) is 0 Å². The molecule has 2 atom stereocenters. The molecule has 0 rings (SSSR count). The first kappa shape index (κ1) is 13.8. The molecule has 0 radical (unpaired) electrons. The normalized spacial score (nSPS) is 15.5. The standard InChI is InChI=1S/C9H20N2O2S/c1-7(9(10)14)4-11(2)5-8(12)6-13-3/h7-8,12H,4-6H2,1-3H3,(H2,10,14). The van der Waals surface area contributed by atoms with E-state index in [1.807, 2.05) is 18.9 Å². The fourth-order valence-corrected chi connectivity index (χ4v) is 1.31. The number of nitrogens with two attached hydrogens (primary N) is 1. The number of nitrogens with zero attached hydrogens (tertiary/aromatic N) is 1. The number of hydrogen-bond acceptors (Lipinski definition) is 4. The van der Waals surface area contributed by atoms with Crippen LogP contribution in [0, 0.1) is 5.92 Å². The summed E-state index contributed by atoms with van der Waals surface area (Å²) in [5.74, 6) is 0.171. The van der Waals surface area contributed by atoms with Crippen LogP contribution < -0.4 is 5.73 Å². The molecule has 0 aromatic rings. The lowest BCUT2D eigenvalue weighted by Crippen LogP contribution is -2.37. The molecule has 0 aromatic heterocycles. The highest BCUT2D eigenvalue weighted by atomic mass is 32.1. The molecule has 14 heavy (non-hydrogen) atoms. The highest BCUT2D eigenvalue weighted by Gasteiger charge is 2.12. The van der Waals surface area contributed by atoms with Crippen molar-refractivity contribution in [1.82, 2.24) is 4.90 Å². The molecule has 3 N–H and O–H groups in total. The summed E-state index contributed by atoms with van der Waals surface area (Å²) in [5.41, 5.74) is 5.49. The molecule has 0 saturated heterocycles. The van der Waals surface area contributed by atoms with Gasteiger partial charge in [-0.25, -0.2) is 0 Å². The Balaban J connectivity index is 3.74. The van der Waals surface area contributed by atoms with E-state index in [4.69, 9.17) is 22.7 Å². The van der Waals surface area contributed by atoms with E-state index in [2.05, 4.69) is 0 Å². The van der Waals surface area contributed by atoms with Crippen LogP contribution in [0.25, 0.3) is 0 Å². The van der Waals surface area contributed by atoms with Crippen molar-refractivity contribution in [3.8, 4) is 0 Å². The Morgan fingerprint density at radius 2 is 2.14 bits per heavy atom. The lowest BCUT2D eigenvalue weighted by atomic mass is 10.1. The molecule has 0 aliphatic heterocycles. The Labute approximate surface area is 91.0 Å². The highest BCUT2D eigenvalue weighted by Crippen LogP contribution is 1.99. The number of thiocarbonyl (C=S) groups is 1. The third kappa shape index (κ3) is 6.26. The zero-order valence-electron chi connectivity index (χ0n) is 9.06. The molecule has 0 saturated carbocycles. The average molecular weight is 220 g/mol. The van der Waals surface area contributed by atoms with Crippen molar-refractivity contribution < 1.29 is 9.84 Å². The monoisotopic (exact) mass is 220 g/mol. The van der Waals surface area contributed by atoms with E-state index in [0.717, 1.165) is 6.54 Å². The van der Waals surface area contributed by atoms with E-state index in [9.17, 15) is 5.11 Å². The van der Waals surface area contributed by atoms with E-state index in [-0.39, 0.29) is 5.92 Å². The molecule has 84 valence electrons. The molecular weight excluding hydrogens is 200 g/mol. The minimum absolute atomic E-state index is 0.171. The Kier molecular flexibility index (Phi) is 7.00. The third-order valence-corrected chi connectivity index (χ3v) is 2.36. The lowest BCUT2D eigenvalue weighted by molar-refractivity contribution is 0.0422. The van der Waals surface area contributed by atoms with Crippen molar-refractivity contribution in [3.63, 3.8) is 0 Å². The van der Waals surface area contributed by atoms with Gasteiger partial charge in [0.15, 0.2) is 0 Å². The number of hydrogen-bond donors (Lipinski definition) is 2. The number of rotatable bonds is 7. The first-order valence-electron chi connectivity index (χ1n) is 4.62. The summed E-state index contributed by atoms with van der Waals surface area (Å²) in [6.07, 6.45) is -0.455. The fraction of sp³-hybridized carbons (Fsp3) is 0.889. The Bertz CT molecular complexity index is 178. The van der Waals surface area contributed by atoms with Crippen molar-refractivity contribution in [1.29, 1.82) is 0 Å². The van der Waals surface area contributed by atoms with Gasteiger partial charge in [-0.05, 0) is 7.05 Å². The topological polar surface area (TPSA) is 58.7 Å². The first-order chi connectivity index (χ1) is 6.47. The zero-order valence-corrected chi connectivity index (χ0v) is 9.88. The largest absolute Gasteiger partial charge is 0.393 e. The van der Waals surface area contributed by atoms with Gasteiger partial charge in [-0.15, -0.1) is 0 Å². The van der Waals surface area contributed by atoms with Crippen molar-refractivity contribution in [2.45, 2.75) is 13.0 Å². The minimum Gasteiger partial charge on any atom is -0.393 e. The van der Waals surface area contributed by atoms with Crippen molar-refractivity contribution >= 4 is 17.2 Å². The second-order valence-corrected chi connectivity index (χ2v) is 4.11. The molecule has 0 spiro atoms. The van der Waals surface area contributed by atoms with E-state index in [0.29, 0.717) is 18.1 Å². The summed E-state index contributed by atoms with van der Waals surface area (Å²) in [4.78, 5) is 2.51. The van der Waals surface area contributed by atoms with Crippen LogP contribution in [0.4, 0.5) is 0 Å². The molecule has 0 fully saturated rings. The van der Waals surface area contributed by atoms with Crippen LogP contribution in [-0.2, 0) is 4.74 Å². The molecule has 0 heterocycles. The van der Waals surface area contributed by atoms with Gasteiger partial charge < -0.3 is 20.5 Å². The Morgan fingerprint density at radius 3 is 2.57 bits per heavy atom. The summed E-state index contributed by atoms with van der Waals surface area (Å²) >= 11 is 4.87. The minimum atomic E-state index is -0.455. The smallest absolute Gasteiger partial charge is 0.0899 e. The van der Waals surface area contributed by atoms with Gasteiger partial charge in [-0.2, -0.15) is 0 Å². The first-order valence-corrected chi connectivity index (χ1v) is 5.03. The van der Waals surface area contributed by atoms with Gasteiger partial charge in [0, 0.05) is 26.1 Å². The number of methoxy groups -OCH3 is 1. The number of likely N-dealkylation sites (N-methyl/N-ethyl adjacent to an activating group) is 1. The fourth-order valence-electron chi connectivity index (χ4n) is 1.24. The average Bonchev–Trinajstić information content (AvgIpc) is 2.03. The van der Waals surface area contributed by atoms with Gasteiger partial charge in [0.2, 0.25) is 0 Å². The van der Waals surface area contributed by atoms with E-state index in [1.54, 1.807) is 7.11 Å². The quantitative estimate of drug-likeness (QED) is 0.584. The van der Waals surface area contributed by atoms with Crippen LogP contribution >= 0.6 is 12.2 Å². The van der Waals surface area contributed by atoms with Gasteiger partial charge in [-0.3, -0.25) is 0 Å². The molecule has 0 bridgehead atoms. The number of aliphatic hydroxyl groups excluding tert-OH is 1. The van der Waals surface area contributed by atoms with Crippen molar-refractivity contribution in [2.75, 3.05) is 33.9 Å². The summed E-state index contributed by atoms with van der Waals surface area (Å²) in [7, 11) is 3.49. The maximum Gasteiger partial charge on any atom is 0.0899 e. The maximum atomic E-state index is 9.44. The van der Waals surface area contributed by atoms with Gasteiger partial charge in [0.25, 0.3) is 0 Å². The van der Waals surface area contributed by atoms with Gasteiger partial charge >= 0.3 is 0 Å². The van der Waals surface area contributed by atoms with E-state index < -0.39 is 6.10 Å². The maximum absolute atomic E-state index is 9.44. The summed E-state index contributed by atoms with van der Waals surface area (Å²) < 4.78 is 4.83. The summed E-state index contributed by atoms with van der Waals surface area (Å²) in [6, 6.07) is 0. The van der Waals surface area contributed by atoms with Gasteiger partial charge in [-0.1, -0.05) is 19.1 Å². The summed E-state index contributed by atoms with van der Waals surface area (Å²) in [6.45, 7) is 3.66. The van der Waals surface area contributed by atoms with Gasteiger partial charge in [0.05, 0.1) is 17.7 Å². The number of ether oxygens (including phenoxy) is 1. The highest BCUT2D eigenvalue weighted by molar-refractivity contribution is 7.80. The molecule has 2 unspecified atom stereocenters. The van der Waals surface area contributed by atoms with Crippen LogP contribution in [0.2, 0.25) is 0 Å². The predicted octanol–water partition coefficient (Wildman–Crippen LogP) is -0.152. The molecule has 0 aliphatic carbocycles. The molecule has 5 heteroatoms. The van der Waals surface area contributed by atoms with E-state index in [1.165, 1.54) is 0 Å². The lowest BCUT2D eigenvalue weighted by Gasteiger charge is -2.22. The molecule has 0 amide bonds. The molecule has 4 nitrogen and oxygen atoms in total. The molecule has 0 aliphatic rings. The third-order valence-electron chi connectivity index (χ3n) is 1.95. The molecular formula is C9H20N2O2S. The second kappa shape index (κ2) is 7.11. The number of aliphatic hydroxyl groups is 1. The predicted molar refractivity (Wildman–Crippen MR) is 61.3 cm³/mol. The second-order valence-electron chi connectivity index (χ2n) is 3.63. The molecule has 0 aromatic carbocycles. The van der Waals surface area contributed by atoms with Gasteiger partial charge in [0.1, 0.15) is 0 Å². The van der Waals surface area contributed by atoms with Crippen LogP contribution in [0.5, 0.6) is 0 Å².